The SMILES string of the molecule is COc1ccc(-c2ccccc2)cc1NC(=S)NC(=O)c1cc(C(F)(F)F)cc(C(F)(F)F)c1. The lowest BCUT2D eigenvalue weighted by Crippen LogP contribution is -2.34. The molecular weight excluding hydrogens is 482 g/mol. The molecule has 4 nitrogen and oxygen atoms in total. The highest BCUT2D eigenvalue weighted by Crippen LogP contribution is 2.36. The van der Waals surface area contributed by atoms with Crippen LogP contribution in [0, 0.1) is 0 Å². The number of carbonyl (C=O) groups is 1. The summed E-state index contributed by atoms with van der Waals surface area (Å²) in [5.41, 5.74) is -2.10. The maximum Gasteiger partial charge on any atom is 0.416 e. The predicted molar refractivity (Wildman–Crippen MR) is 119 cm³/mol. The molecule has 1 amide bonds. The molecule has 2 N–H and O–H groups in total. The molecule has 0 aliphatic heterocycles. The van der Waals surface area contributed by atoms with Crippen molar-refractivity contribution in [3.05, 3.63) is 83.4 Å². The van der Waals surface area contributed by atoms with Gasteiger partial charge in [-0.3, -0.25) is 10.1 Å². The molecule has 0 fully saturated rings. The highest BCUT2D eigenvalue weighted by atomic mass is 32.1. The number of thiocarbonyl (C=S) groups is 1. The zero-order valence-electron chi connectivity index (χ0n) is 17.3. The Morgan fingerprint density at radius 1 is 0.824 bits per heavy atom. The smallest absolute Gasteiger partial charge is 0.416 e. The Bertz CT molecular complexity index is 1180. The van der Waals surface area contributed by atoms with Crippen molar-refractivity contribution in [2.75, 3.05) is 12.4 Å². The second-order valence-corrected chi connectivity index (χ2v) is 7.39. The van der Waals surface area contributed by atoms with Crippen molar-refractivity contribution in [3.63, 3.8) is 0 Å². The summed E-state index contributed by atoms with van der Waals surface area (Å²) in [6, 6.07) is 14.9. The minimum absolute atomic E-state index is 0.0622. The quantitative estimate of drug-likeness (QED) is 0.317. The first kappa shape index (κ1) is 25.0. The van der Waals surface area contributed by atoms with Gasteiger partial charge in [0.1, 0.15) is 5.75 Å². The van der Waals surface area contributed by atoms with Gasteiger partial charge >= 0.3 is 12.4 Å². The number of carbonyl (C=O) groups excluding carboxylic acids is 1. The van der Waals surface area contributed by atoms with Crippen LogP contribution in [0.3, 0.4) is 0 Å². The Hall–Kier alpha value is -3.60. The van der Waals surface area contributed by atoms with E-state index >= 15 is 0 Å². The average Bonchev–Trinajstić information content (AvgIpc) is 2.78. The number of halogens is 6. The third-order valence-electron chi connectivity index (χ3n) is 4.63. The highest BCUT2D eigenvalue weighted by molar-refractivity contribution is 7.80. The first-order valence-electron chi connectivity index (χ1n) is 9.54. The van der Waals surface area contributed by atoms with Crippen molar-refractivity contribution < 1.29 is 35.9 Å². The van der Waals surface area contributed by atoms with Gasteiger partial charge in [0.2, 0.25) is 0 Å². The summed E-state index contributed by atoms with van der Waals surface area (Å²) in [7, 11) is 1.39. The first-order valence-corrected chi connectivity index (χ1v) is 9.94. The summed E-state index contributed by atoms with van der Waals surface area (Å²) in [6.45, 7) is 0. The van der Waals surface area contributed by atoms with Crippen LogP contribution < -0.4 is 15.4 Å². The number of hydrogen-bond acceptors (Lipinski definition) is 3. The van der Waals surface area contributed by atoms with Crippen LogP contribution in [0.1, 0.15) is 21.5 Å². The van der Waals surface area contributed by atoms with Gasteiger partial charge in [-0.2, -0.15) is 26.3 Å². The Morgan fingerprint density at radius 2 is 1.41 bits per heavy atom. The molecule has 0 aromatic heterocycles. The fraction of sp³-hybridized carbons (Fsp3) is 0.130. The van der Waals surface area contributed by atoms with E-state index in [-0.39, 0.29) is 11.2 Å². The van der Waals surface area contributed by atoms with E-state index in [0.717, 1.165) is 11.1 Å². The molecule has 0 aliphatic carbocycles. The molecule has 3 aromatic rings. The van der Waals surface area contributed by atoms with Gasteiger partial charge in [0, 0.05) is 5.56 Å². The van der Waals surface area contributed by atoms with Crippen molar-refractivity contribution in [2.24, 2.45) is 0 Å². The van der Waals surface area contributed by atoms with Crippen molar-refractivity contribution in [1.82, 2.24) is 5.32 Å². The molecule has 0 heterocycles. The van der Waals surface area contributed by atoms with Gasteiger partial charge in [0.25, 0.3) is 5.91 Å². The predicted octanol–water partition coefficient (Wildman–Crippen LogP) is 6.53. The highest BCUT2D eigenvalue weighted by Gasteiger charge is 2.37. The maximum atomic E-state index is 13.1. The molecule has 11 heteroatoms. The molecule has 3 rings (SSSR count). The zero-order chi connectivity index (χ0) is 25.1. The number of amides is 1. The minimum Gasteiger partial charge on any atom is -0.495 e. The lowest BCUT2D eigenvalue weighted by atomic mass is 10.0. The number of nitrogens with one attached hydrogen (secondary N) is 2. The molecule has 0 spiro atoms. The lowest BCUT2D eigenvalue weighted by molar-refractivity contribution is -0.143. The van der Waals surface area contributed by atoms with Crippen LogP contribution in [0.5, 0.6) is 5.75 Å². The van der Waals surface area contributed by atoms with Crippen molar-refractivity contribution >= 4 is 28.9 Å². The molecule has 0 aliphatic rings. The average molecular weight is 498 g/mol. The van der Waals surface area contributed by atoms with Crippen LogP contribution in [0.2, 0.25) is 0 Å². The van der Waals surface area contributed by atoms with Gasteiger partial charge in [-0.05, 0) is 53.7 Å². The van der Waals surface area contributed by atoms with Gasteiger partial charge in [-0.1, -0.05) is 36.4 Å². The molecule has 3 aromatic carbocycles. The molecule has 0 bridgehead atoms. The van der Waals surface area contributed by atoms with E-state index in [0.29, 0.717) is 23.6 Å². The van der Waals surface area contributed by atoms with Crippen LogP contribution in [0.4, 0.5) is 32.0 Å². The molecular formula is C23H16F6N2O2S. The fourth-order valence-corrected chi connectivity index (χ4v) is 3.23. The Morgan fingerprint density at radius 3 is 1.94 bits per heavy atom. The summed E-state index contributed by atoms with van der Waals surface area (Å²) in [5.74, 6) is -0.901. The van der Waals surface area contributed by atoms with E-state index in [1.165, 1.54) is 7.11 Å². The van der Waals surface area contributed by atoms with Crippen LogP contribution in [-0.2, 0) is 12.4 Å². The van der Waals surface area contributed by atoms with E-state index in [1.807, 2.05) is 30.3 Å². The van der Waals surface area contributed by atoms with Gasteiger partial charge in [-0.25, -0.2) is 0 Å². The van der Waals surface area contributed by atoms with Crippen LogP contribution in [-0.4, -0.2) is 18.1 Å². The largest absolute Gasteiger partial charge is 0.495 e. The lowest BCUT2D eigenvalue weighted by Gasteiger charge is -2.16. The van der Waals surface area contributed by atoms with Gasteiger partial charge < -0.3 is 10.1 Å². The second kappa shape index (κ2) is 9.72. The third kappa shape index (κ3) is 6.04. The van der Waals surface area contributed by atoms with Gasteiger partial charge in [0.05, 0.1) is 23.9 Å². The molecule has 0 unspecified atom stereocenters. The molecule has 34 heavy (non-hydrogen) atoms. The topological polar surface area (TPSA) is 50.4 Å². The number of rotatable bonds is 4. The van der Waals surface area contributed by atoms with Crippen LogP contribution in [0.25, 0.3) is 11.1 Å². The van der Waals surface area contributed by atoms with Gasteiger partial charge in [0.15, 0.2) is 5.11 Å². The van der Waals surface area contributed by atoms with E-state index in [1.54, 1.807) is 18.2 Å². The van der Waals surface area contributed by atoms with Crippen molar-refractivity contribution in [1.29, 1.82) is 0 Å². The van der Waals surface area contributed by atoms with Gasteiger partial charge in [-0.15, -0.1) is 0 Å². The van der Waals surface area contributed by atoms with E-state index < -0.39 is 35.0 Å². The Balaban J connectivity index is 1.85. The summed E-state index contributed by atoms with van der Waals surface area (Å²) in [4.78, 5) is 12.4. The Kier molecular flexibility index (Phi) is 7.15. The second-order valence-electron chi connectivity index (χ2n) is 6.98. The van der Waals surface area contributed by atoms with Crippen molar-refractivity contribution in [3.8, 4) is 16.9 Å². The molecule has 178 valence electrons. The van der Waals surface area contributed by atoms with Crippen molar-refractivity contribution in [2.45, 2.75) is 12.4 Å². The minimum atomic E-state index is -5.08. The maximum absolute atomic E-state index is 13.1. The monoisotopic (exact) mass is 498 g/mol. The molecule has 0 saturated heterocycles. The zero-order valence-corrected chi connectivity index (χ0v) is 18.2. The van der Waals surface area contributed by atoms with E-state index in [9.17, 15) is 31.1 Å². The summed E-state index contributed by atoms with van der Waals surface area (Å²) < 4.78 is 83.6. The number of hydrogen-bond donors (Lipinski definition) is 2. The third-order valence-corrected chi connectivity index (χ3v) is 4.84. The fourth-order valence-electron chi connectivity index (χ4n) is 3.03. The molecule has 0 atom stereocenters. The number of anilines is 1. The summed E-state index contributed by atoms with van der Waals surface area (Å²) in [5, 5.41) is 4.45. The first-order chi connectivity index (χ1) is 15.9. The Labute approximate surface area is 195 Å². The summed E-state index contributed by atoms with van der Waals surface area (Å²) in [6.07, 6.45) is -10.2. The number of ether oxygens (including phenoxy) is 1. The van der Waals surface area contributed by atoms with Crippen LogP contribution >= 0.6 is 12.2 Å². The standard InChI is InChI=1S/C23H16F6N2O2S/c1-33-19-8-7-14(13-5-3-2-4-6-13)11-18(19)30-21(34)31-20(32)15-9-16(22(24,25)26)12-17(10-15)23(27,28)29/h2-12H,1H3,(H2,30,31,32,34). The summed E-state index contributed by atoms with van der Waals surface area (Å²) >= 11 is 5.05. The number of methoxy groups -OCH3 is 1. The number of benzene rings is 3. The van der Waals surface area contributed by atoms with E-state index in [4.69, 9.17) is 17.0 Å². The van der Waals surface area contributed by atoms with Crippen LogP contribution in [0.15, 0.2) is 66.7 Å². The number of alkyl halides is 6. The normalized spacial score (nSPS) is 11.6. The van der Waals surface area contributed by atoms with E-state index in [2.05, 4.69) is 10.6 Å². The molecule has 0 radical (unpaired) electrons. The molecule has 0 saturated carbocycles.